The van der Waals surface area contributed by atoms with Crippen molar-refractivity contribution < 1.29 is 4.79 Å². The highest BCUT2D eigenvalue weighted by Gasteiger charge is 2.39. The van der Waals surface area contributed by atoms with E-state index >= 15 is 0 Å². The maximum absolute atomic E-state index is 12.2. The summed E-state index contributed by atoms with van der Waals surface area (Å²) in [5, 5.41) is 0.184. The van der Waals surface area contributed by atoms with Crippen LogP contribution in [0.5, 0.6) is 0 Å². The van der Waals surface area contributed by atoms with Crippen molar-refractivity contribution in [2.45, 2.75) is 61.5 Å². The molecule has 2 unspecified atom stereocenters. The molecule has 1 saturated carbocycles. The number of allylic oxidation sites excluding steroid dienone is 1. The Balaban J connectivity index is 1.38. The van der Waals surface area contributed by atoms with Gasteiger partial charge in [-0.2, -0.15) is 0 Å². The Morgan fingerprint density at radius 3 is 2.73 bits per heavy atom. The molecule has 0 amide bonds. The molecule has 1 heterocycles. The lowest BCUT2D eigenvalue weighted by molar-refractivity contribution is -0.120. The van der Waals surface area contributed by atoms with Crippen molar-refractivity contribution in [3.63, 3.8) is 0 Å². The molecule has 2 aromatic rings. The highest BCUT2D eigenvalue weighted by atomic mass is 32.2. The Hall–Kier alpha value is -1.80. The summed E-state index contributed by atoms with van der Waals surface area (Å²) in [6.45, 7) is 2.19. The fraction of sp³-hybridized carbons (Fsp3) is 0.375. The molecule has 1 aliphatic heterocycles. The molecule has 4 rings (SSSR count). The summed E-state index contributed by atoms with van der Waals surface area (Å²) >= 11 is 1.80. The molecule has 1 fully saturated rings. The number of fused-ring (bicyclic) bond motifs is 3. The summed E-state index contributed by atoms with van der Waals surface area (Å²) in [6.07, 6.45) is 10.7. The summed E-state index contributed by atoms with van der Waals surface area (Å²) in [5.74, 6) is 0.911. The first kappa shape index (κ1) is 17.6. The number of aryl methyl sites for hydroxylation is 2. The van der Waals surface area contributed by atoms with E-state index in [0.29, 0.717) is 11.7 Å². The van der Waals surface area contributed by atoms with Gasteiger partial charge in [0.15, 0.2) is 0 Å². The summed E-state index contributed by atoms with van der Waals surface area (Å²) < 4.78 is 0. The molecule has 0 N–H and O–H groups in total. The Labute approximate surface area is 160 Å². The summed E-state index contributed by atoms with van der Waals surface area (Å²) in [6, 6.07) is 15.7. The summed E-state index contributed by atoms with van der Waals surface area (Å²) in [4.78, 5) is 13.5. The second kappa shape index (κ2) is 7.84. The molecule has 2 atom stereocenters. The lowest BCUT2D eigenvalue weighted by Crippen LogP contribution is -2.25. The highest BCUT2D eigenvalue weighted by Crippen LogP contribution is 2.50. The van der Waals surface area contributed by atoms with E-state index < -0.39 is 0 Å². The molecule has 1 aliphatic carbocycles. The minimum Gasteiger partial charge on any atom is -0.298 e. The van der Waals surface area contributed by atoms with Crippen molar-refractivity contribution in [2.75, 3.05) is 0 Å². The first-order chi connectivity index (χ1) is 12.7. The van der Waals surface area contributed by atoms with Gasteiger partial charge >= 0.3 is 0 Å². The smallest absolute Gasteiger partial charge is 0.146 e. The topological polar surface area (TPSA) is 17.1 Å². The zero-order chi connectivity index (χ0) is 17.9. The fourth-order valence-corrected chi connectivity index (χ4v) is 5.62. The highest BCUT2D eigenvalue weighted by molar-refractivity contribution is 8.01. The molecule has 0 aromatic heterocycles. The molecule has 0 saturated heterocycles. The van der Waals surface area contributed by atoms with Crippen molar-refractivity contribution in [1.82, 2.24) is 0 Å². The average Bonchev–Trinajstić information content (AvgIpc) is 3.05. The standard InChI is InChI=1S/C24H26OS/c1-2-17-10-12-18(13-11-17)6-3-4-7-19-14-15-20-21-8-5-9-22(25)24(21)26-23(20)16-19/h4,7,10-16,21,24H,2-3,5-6,8-9H2,1H3/b7-4+. The number of thioether (sulfide) groups is 1. The lowest BCUT2D eigenvalue weighted by atomic mass is 9.83. The van der Waals surface area contributed by atoms with Gasteiger partial charge in [-0.05, 0) is 60.4 Å². The number of Topliss-reactive ketones (excluding diaryl/α,β-unsaturated/α-hetero) is 1. The second-order valence-corrected chi connectivity index (χ2v) is 8.60. The zero-order valence-electron chi connectivity index (χ0n) is 15.4. The van der Waals surface area contributed by atoms with Gasteiger partial charge in [0.1, 0.15) is 5.78 Å². The summed E-state index contributed by atoms with van der Waals surface area (Å²) in [5.41, 5.74) is 5.46. The molecule has 134 valence electrons. The number of rotatable bonds is 5. The van der Waals surface area contributed by atoms with Gasteiger partial charge in [-0.15, -0.1) is 11.8 Å². The molecule has 1 nitrogen and oxygen atoms in total. The van der Waals surface area contributed by atoms with Gasteiger partial charge in [-0.25, -0.2) is 0 Å². The first-order valence-electron chi connectivity index (χ1n) is 9.82. The van der Waals surface area contributed by atoms with E-state index in [9.17, 15) is 4.79 Å². The van der Waals surface area contributed by atoms with E-state index in [2.05, 4.69) is 61.5 Å². The van der Waals surface area contributed by atoms with E-state index in [-0.39, 0.29) is 5.25 Å². The molecule has 0 spiro atoms. The van der Waals surface area contributed by atoms with Crippen LogP contribution in [0.25, 0.3) is 6.08 Å². The quantitative estimate of drug-likeness (QED) is 0.629. The number of benzene rings is 2. The molecular formula is C24H26OS. The Kier molecular flexibility index (Phi) is 5.31. The molecule has 2 heteroatoms. The number of carbonyl (C=O) groups is 1. The van der Waals surface area contributed by atoms with Crippen molar-refractivity contribution in [3.8, 4) is 0 Å². The van der Waals surface area contributed by atoms with E-state index in [4.69, 9.17) is 0 Å². The Morgan fingerprint density at radius 1 is 1.12 bits per heavy atom. The number of carbonyl (C=O) groups excluding carboxylic acids is 1. The number of ketones is 1. The third-order valence-corrected chi connectivity index (χ3v) is 7.11. The maximum Gasteiger partial charge on any atom is 0.146 e. The van der Waals surface area contributed by atoms with Gasteiger partial charge in [-0.3, -0.25) is 4.79 Å². The molecule has 2 aromatic carbocycles. The van der Waals surface area contributed by atoms with Crippen LogP contribution in [0.2, 0.25) is 0 Å². The number of hydrogen-bond donors (Lipinski definition) is 0. The Morgan fingerprint density at radius 2 is 1.92 bits per heavy atom. The van der Waals surface area contributed by atoms with Crippen LogP contribution in [0.1, 0.15) is 60.8 Å². The van der Waals surface area contributed by atoms with Gasteiger partial charge in [-0.1, -0.05) is 55.5 Å². The molecule has 0 bridgehead atoms. The van der Waals surface area contributed by atoms with Crippen LogP contribution in [0.4, 0.5) is 0 Å². The monoisotopic (exact) mass is 362 g/mol. The molecular weight excluding hydrogens is 336 g/mol. The predicted molar refractivity (Wildman–Crippen MR) is 111 cm³/mol. The third kappa shape index (κ3) is 3.66. The minimum atomic E-state index is 0.184. The van der Waals surface area contributed by atoms with E-state index in [1.807, 2.05) is 0 Å². The third-order valence-electron chi connectivity index (χ3n) is 5.65. The normalized spacial score (nSPS) is 21.8. The van der Waals surface area contributed by atoms with Crippen LogP contribution < -0.4 is 0 Å². The van der Waals surface area contributed by atoms with Crippen molar-refractivity contribution >= 4 is 23.6 Å². The molecule has 2 aliphatic rings. The van der Waals surface area contributed by atoms with Gasteiger partial charge in [0.05, 0.1) is 5.25 Å². The van der Waals surface area contributed by atoms with E-state index in [1.54, 1.807) is 11.8 Å². The lowest BCUT2D eigenvalue weighted by Gasteiger charge is -2.23. The van der Waals surface area contributed by atoms with Crippen LogP contribution in [0.3, 0.4) is 0 Å². The molecule has 26 heavy (non-hydrogen) atoms. The van der Waals surface area contributed by atoms with Crippen LogP contribution in [-0.2, 0) is 17.6 Å². The SMILES string of the molecule is CCc1ccc(CC/C=C/c2ccc3c(c2)SC2C(=O)CCCC32)cc1. The maximum atomic E-state index is 12.2. The Bertz CT molecular complexity index is 819. The van der Waals surface area contributed by atoms with Crippen molar-refractivity contribution in [1.29, 1.82) is 0 Å². The van der Waals surface area contributed by atoms with Crippen LogP contribution in [-0.4, -0.2) is 11.0 Å². The zero-order valence-corrected chi connectivity index (χ0v) is 16.2. The number of hydrogen-bond acceptors (Lipinski definition) is 2. The summed E-state index contributed by atoms with van der Waals surface area (Å²) in [7, 11) is 0. The van der Waals surface area contributed by atoms with Crippen LogP contribution in [0, 0.1) is 0 Å². The first-order valence-corrected chi connectivity index (χ1v) is 10.7. The van der Waals surface area contributed by atoms with E-state index in [1.165, 1.54) is 33.6 Å². The van der Waals surface area contributed by atoms with E-state index in [0.717, 1.165) is 32.1 Å². The van der Waals surface area contributed by atoms with Gasteiger partial charge in [0.25, 0.3) is 0 Å². The largest absolute Gasteiger partial charge is 0.298 e. The van der Waals surface area contributed by atoms with Crippen molar-refractivity contribution in [3.05, 3.63) is 70.8 Å². The fourth-order valence-electron chi connectivity index (χ4n) is 4.09. The van der Waals surface area contributed by atoms with Gasteiger partial charge in [0, 0.05) is 17.2 Å². The average molecular weight is 363 g/mol. The van der Waals surface area contributed by atoms with Crippen LogP contribution >= 0.6 is 11.8 Å². The van der Waals surface area contributed by atoms with Crippen LogP contribution in [0.15, 0.2) is 53.4 Å². The van der Waals surface area contributed by atoms with Gasteiger partial charge < -0.3 is 0 Å². The molecule has 0 radical (unpaired) electrons. The predicted octanol–water partition coefficient (Wildman–Crippen LogP) is 6.21. The second-order valence-electron chi connectivity index (χ2n) is 7.41. The van der Waals surface area contributed by atoms with Gasteiger partial charge in [0.2, 0.25) is 0 Å². The minimum absolute atomic E-state index is 0.184. The van der Waals surface area contributed by atoms with Crippen molar-refractivity contribution in [2.24, 2.45) is 0 Å².